The van der Waals surface area contributed by atoms with E-state index in [0.29, 0.717) is 0 Å². The molecule has 0 saturated heterocycles. The number of nitrogens with zero attached hydrogens (tertiary/aromatic N) is 1. The van der Waals surface area contributed by atoms with Crippen LogP contribution in [-0.2, 0) is 20.9 Å². The topological polar surface area (TPSA) is 101 Å². The number of carboxylic acids is 1. The monoisotopic (exact) mass is 423 g/mol. The number of imide groups is 1. The van der Waals surface area contributed by atoms with Gasteiger partial charge in [0.05, 0.1) is 23.0 Å². The fraction of sp³-hybridized carbons (Fsp3) is 0.333. The Hall–Kier alpha value is -3.48. The Morgan fingerprint density at radius 3 is 1.97 bits per heavy atom. The van der Waals surface area contributed by atoms with E-state index in [4.69, 9.17) is 4.74 Å². The van der Waals surface area contributed by atoms with Gasteiger partial charge in [0.2, 0.25) is 0 Å². The molecule has 7 nitrogen and oxygen atoms in total. The molecule has 0 fully saturated rings. The van der Waals surface area contributed by atoms with E-state index in [-0.39, 0.29) is 36.6 Å². The fourth-order valence-electron chi connectivity index (χ4n) is 3.75. The zero-order valence-electron chi connectivity index (χ0n) is 17.5. The van der Waals surface area contributed by atoms with E-state index in [9.17, 15) is 24.3 Å². The molecule has 7 heteroatoms. The predicted molar refractivity (Wildman–Crippen MR) is 112 cm³/mol. The number of amides is 2. The Morgan fingerprint density at radius 1 is 0.903 bits per heavy atom. The average molecular weight is 423 g/mol. The Balaban J connectivity index is 1.80. The van der Waals surface area contributed by atoms with Crippen molar-refractivity contribution in [2.45, 2.75) is 26.9 Å². The molecule has 0 saturated carbocycles. The first-order chi connectivity index (χ1) is 14.8. The molecular formula is C24H25NO6. The molecule has 2 aromatic rings. The number of ether oxygens (including phenoxy) is 1. The van der Waals surface area contributed by atoms with Gasteiger partial charge in [-0.25, -0.2) is 0 Å². The van der Waals surface area contributed by atoms with Crippen molar-refractivity contribution < 1.29 is 29.0 Å². The molecule has 0 radical (unpaired) electrons. The van der Waals surface area contributed by atoms with Gasteiger partial charge < -0.3 is 9.84 Å². The van der Waals surface area contributed by atoms with E-state index in [2.05, 4.69) is 0 Å². The molecule has 3 rings (SSSR count). The second-order valence-electron chi connectivity index (χ2n) is 8.04. The van der Waals surface area contributed by atoms with Crippen LogP contribution in [0.25, 0.3) is 0 Å². The van der Waals surface area contributed by atoms with Crippen LogP contribution in [0.3, 0.4) is 0 Å². The van der Waals surface area contributed by atoms with Crippen LogP contribution in [0.2, 0.25) is 0 Å². The number of aliphatic carboxylic acids is 1. The molecule has 0 aliphatic carbocycles. The number of hydrogen-bond donors (Lipinski definition) is 1. The van der Waals surface area contributed by atoms with Crippen LogP contribution < -0.4 is 0 Å². The van der Waals surface area contributed by atoms with Crippen molar-refractivity contribution in [2.75, 3.05) is 6.54 Å². The van der Waals surface area contributed by atoms with Crippen LogP contribution in [0, 0.1) is 17.8 Å². The number of carbonyl (C=O) groups is 4. The third kappa shape index (κ3) is 4.99. The summed E-state index contributed by atoms with van der Waals surface area (Å²) in [6.45, 7) is 3.38. The summed E-state index contributed by atoms with van der Waals surface area (Å²) in [6.07, 6.45) is 0.258. The van der Waals surface area contributed by atoms with E-state index in [0.717, 1.165) is 10.5 Å². The molecule has 1 aliphatic rings. The highest BCUT2D eigenvalue weighted by atomic mass is 16.5. The number of fused-ring (bicyclic) bond motifs is 1. The standard InChI is InChI=1S/C24H25NO6/c1-15(2)12-19(24(30)31-14-16-8-4-3-5-9-16)20(23(28)29)13-25-21(26)17-10-6-7-11-18(17)22(25)27/h3-11,15,19-20H,12-14H2,1-2H3,(H,28,29)/t19-,20?/m1/s1. The lowest BCUT2D eigenvalue weighted by Crippen LogP contribution is -2.43. The van der Waals surface area contributed by atoms with Gasteiger partial charge in [-0.05, 0) is 30.0 Å². The number of rotatable bonds is 9. The van der Waals surface area contributed by atoms with Gasteiger partial charge in [0.1, 0.15) is 6.61 Å². The van der Waals surface area contributed by atoms with Crippen LogP contribution in [-0.4, -0.2) is 40.3 Å². The van der Waals surface area contributed by atoms with E-state index in [1.807, 2.05) is 32.0 Å². The quantitative estimate of drug-likeness (QED) is 0.490. The number of esters is 1. The first-order valence-corrected chi connectivity index (χ1v) is 10.2. The first kappa shape index (κ1) is 22.2. The van der Waals surface area contributed by atoms with E-state index in [1.165, 1.54) is 12.1 Å². The highest BCUT2D eigenvalue weighted by Gasteiger charge is 2.42. The van der Waals surface area contributed by atoms with E-state index < -0.39 is 35.6 Å². The molecule has 162 valence electrons. The average Bonchev–Trinajstić information content (AvgIpc) is 2.99. The van der Waals surface area contributed by atoms with Crippen LogP contribution in [0.4, 0.5) is 0 Å². The van der Waals surface area contributed by atoms with Crippen LogP contribution in [0.5, 0.6) is 0 Å². The smallest absolute Gasteiger partial charge is 0.310 e. The summed E-state index contributed by atoms with van der Waals surface area (Å²) in [4.78, 5) is 51.3. The second kappa shape index (κ2) is 9.55. The maximum Gasteiger partial charge on any atom is 0.310 e. The zero-order chi connectivity index (χ0) is 22.5. The third-order valence-corrected chi connectivity index (χ3v) is 5.31. The van der Waals surface area contributed by atoms with Crippen molar-refractivity contribution >= 4 is 23.8 Å². The summed E-state index contributed by atoms with van der Waals surface area (Å²) < 4.78 is 5.41. The minimum absolute atomic E-state index is 0.0123. The molecule has 1 unspecified atom stereocenters. The molecule has 0 bridgehead atoms. The fourth-order valence-corrected chi connectivity index (χ4v) is 3.75. The summed E-state index contributed by atoms with van der Waals surface area (Å²) in [5.41, 5.74) is 1.26. The molecule has 31 heavy (non-hydrogen) atoms. The van der Waals surface area contributed by atoms with Gasteiger partial charge >= 0.3 is 11.9 Å². The summed E-state index contributed by atoms with van der Waals surface area (Å²) in [5.74, 6) is -5.25. The molecule has 2 atom stereocenters. The van der Waals surface area contributed by atoms with Crippen molar-refractivity contribution in [3.8, 4) is 0 Å². The van der Waals surface area contributed by atoms with Crippen molar-refractivity contribution in [1.82, 2.24) is 4.90 Å². The van der Waals surface area contributed by atoms with E-state index in [1.54, 1.807) is 24.3 Å². The third-order valence-electron chi connectivity index (χ3n) is 5.31. The van der Waals surface area contributed by atoms with Crippen molar-refractivity contribution in [2.24, 2.45) is 17.8 Å². The van der Waals surface area contributed by atoms with Gasteiger partial charge in [0, 0.05) is 6.54 Å². The Labute approximate surface area is 180 Å². The summed E-state index contributed by atoms with van der Waals surface area (Å²) in [5, 5.41) is 9.88. The predicted octanol–water partition coefficient (Wildman–Crippen LogP) is 3.39. The minimum Gasteiger partial charge on any atom is -0.481 e. The molecule has 1 N–H and O–H groups in total. The largest absolute Gasteiger partial charge is 0.481 e. The van der Waals surface area contributed by atoms with Gasteiger partial charge in [-0.3, -0.25) is 24.1 Å². The van der Waals surface area contributed by atoms with Crippen molar-refractivity contribution in [3.63, 3.8) is 0 Å². The molecular weight excluding hydrogens is 398 g/mol. The highest BCUT2D eigenvalue weighted by Crippen LogP contribution is 2.29. The lowest BCUT2D eigenvalue weighted by atomic mass is 9.85. The Morgan fingerprint density at radius 2 is 1.45 bits per heavy atom. The number of carboxylic acid groups (broad SMARTS) is 1. The molecule has 0 spiro atoms. The van der Waals surface area contributed by atoms with E-state index >= 15 is 0 Å². The van der Waals surface area contributed by atoms with Gasteiger partial charge in [0.15, 0.2) is 0 Å². The molecule has 2 amide bonds. The molecule has 1 heterocycles. The number of hydrogen-bond acceptors (Lipinski definition) is 5. The summed E-state index contributed by atoms with van der Waals surface area (Å²) >= 11 is 0. The number of benzene rings is 2. The maximum absolute atomic E-state index is 12.9. The molecule has 2 aromatic carbocycles. The van der Waals surface area contributed by atoms with Gasteiger partial charge in [-0.2, -0.15) is 0 Å². The normalized spacial score (nSPS) is 15.0. The van der Waals surface area contributed by atoms with Crippen molar-refractivity contribution in [3.05, 3.63) is 71.3 Å². The highest BCUT2D eigenvalue weighted by molar-refractivity contribution is 6.21. The van der Waals surface area contributed by atoms with Crippen molar-refractivity contribution in [1.29, 1.82) is 0 Å². The maximum atomic E-state index is 12.9. The molecule has 1 aliphatic heterocycles. The van der Waals surface area contributed by atoms with Crippen LogP contribution in [0.1, 0.15) is 46.5 Å². The first-order valence-electron chi connectivity index (χ1n) is 10.2. The summed E-state index contributed by atoms with van der Waals surface area (Å²) in [7, 11) is 0. The van der Waals surface area contributed by atoms with Crippen LogP contribution >= 0.6 is 0 Å². The zero-order valence-corrected chi connectivity index (χ0v) is 17.5. The van der Waals surface area contributed by atoms with Gasteiger partial charge in [0.25, 0.3) is 11.8 Å². The minimum atomic E-state index is -1.27. The lowest BCUT2D eigenvalue weighted by molar-refractivity contribution is -0.159. The van der Waals surface area contributed by atoms with Crippen LogP contribution in [0.15, 0.2) is 54.6 Å². The Kier molecular flexibility index (Phi) is 6.84. The number of carbonyl (C=O) groups excluding carboxylic acids is 3. The lowest BCUT2D eigenvalue weighted by Gasteiger charge is -2.27. The van der Waals surface area contributed by atoms with Gasteiger partial charge in [-0.15, -0.1) is 0 Å². The second-order valence-corrected chi connectivity index (χ2v) is 8.04. The van der Waals surface area contributed by atoms with Gasteiger partial charge in [-0.1, -0.05) is 56.3 Å². The summed E-state index contributed by atoms with van der Waals surface area (Å²) in [6, 6.07) is 15.4. The SMILES string of the molecule is CC(C)C[C@@H](C(=O)OCc1ccccc1)C(CN1C(=O)c2ccccc2C1=O)C(=O)O. The molecule has 0 aromatic heterocycles. The Bertz CT molecular complexity index is 950.